The molecule has 2 N–H and O–H groups in total. The first-order chi connectivity index (χ1) is 8.87. The van der Waals surface area contributed by atoms with Crippen molar-refractivity contribution in [2.45, 2.75) is 60.0 Å². The maximum Gasteiger partial charge on any atom is 0.0304 e. The Hall–Kier alpha value is -0.860. The molecule has 0 radical (unpaired) electrons. The first kappa shape index (κ1) is 16.2. The topological polar surface area (TPSA) is 29.3 Å². The molecule has 0 saturated carbocycles. The van der Waals surface area contributed by atoms with E-state index in [9.17, 15) is 0 Å². The molecule has 108 valence electrons. The molecule has 0 bridgehead atoms. The Labute approximate surface area is 119 Å². The maximum atomic E-state index is 6.01. The molecule has 0 aliphatic rings. The highest BCUT2D eigenvalue weighted by atomic mass is 15.2. The molecule has 2 heteroatoms. The molecule has 0 aromatic heterocycles. The number of rotatable bonds is 6. The Morgan fingerprint density at radius 3 is 2.00 bits per heavy atom. The summed E-state index contributed by atoms with van der Waals surface area (Å²) in [5.74, 6) is 0. The minimum atomic E-state index is 0.0958. The van der Waals surface area contributed by atoms with E-state index < -0.39 is 0 Å². The van der Waals surface area contributed by atoms with Gasteiger partial charge in [-0.15, -0.1) is 0 Å². The molecule has 0 aliphatic carbocycles. The van der Waals surface area contributed by atoms with Gasteiger partial charge in [0.05, 0.1) is 0 Å². The number of benzene rings is 1. The Bertz CT molecular complexity index is 396. The molecule has 1 aromatic rings. The number of likely N-dealkylation sites (N-methyl/N-ethyl adjacent to an activating group) is 1. The molecule has 1 atom stereocenters. The van der Waals surface area contributed by atoms with E-state index in [0.29, 0.717) is 6.54 Å². The van der Waals surface area contributed by atoms with Crippen LogP contribution in [0, 0.1) is 20.8 Å². The van der Waals surface area contributed by atoms with Crippen LogP contribution in [0.3, 0.4) is 0 Å². The summed E-state index contributed by atoms with van der Waals surface area (Å²) in [6.07, 6.45) is 1.08. The summed E-state index contributed by atoms with van der Waals surface area (Å²) >= 11 is 0. The van der Waals surface area contributed by atoms with Gasteiger partial charge < -0.3 is 5.73 Å². The highest BCUT2D eigenvalue weighted by molar-refractivity contribution is 5.37. The lowest BCUT2D eigenvalue weighted by atomic mass is 9.93. The zero-order chi connectivity index (χ0) is 14.6. The normalized spacial score (nSPS) is 14.7. The zero-order valence-corrected chi connectivity index (χ0v) is 13.5. The van der Waals surface area contributed by atoms with Crippen LogP contribution in [0.25, 0.3) is 0 Å². The fourth-order valence-corrected chi connectivity index (χ4v) is 2.83. The first-order valence-corrected chi connectivity index (χ1v) is 7.39. The third-order valence-electron chi connectivity index (χ3n) is 4.54. The van der Waals surface area contributed by atoms with E-state index in [2.05, 4.69) is 58.6 Å². The lowest BCUT2D eigenvalue weighted by molar-refractivity contribution is 0.104. The minimum absolute atomic E-state index is 0.0958. The van der Waals surface area contributed by atoms with Gasteiger partial charge in [-0.1, -0.05) is 31.5 Å². The molecule has 0 spiro atoms. The van der Waals surface area contributed by atoms with E-state index in [1.165, 1.54) is 22.3 Å². The molecule has 0 aliphatic heterocycles. The lowest BCUT2D eigenvalue weighted by Gasteiger charge is -2.40. The van der Waals surface area contributed by atoms with Crippen molar-refractivity contribution in [3.05, 3.63) is 34.4 Å². The van der Waals surface area contributed by atoms with E-state index in [-0.39, 0.29) is 5.54 Å². The summed E-state index contributed by atoms with van der Waals surface area (Å²) < 4.78 is 0. The van der Waals surface area contributed by atoms with E-state index >= 15 is 0 Å². The Balaban J connectivity index is 3.06. The van der Waals surface area contributed by atoms with E-state index in [0.717, 1.165) is 19.5 Å². The van der Waals surface area contributed by atoms with Gasteiger partial charge in [-0.3, -0.25) is 4.90 Å². The van der Waals surface area contributed by atoms with Crippen LogP contribution in [0.15, 0.2) is 12.1 Å². The standard InChI is InChI=1S/C17H30N2/c1-7-17(6,12-18)19(8-2)11-16-14(4)9-13(3)10-15(16)5/h9-10H,7-8,11-12,18H2,1-6H3. The second kappa shape index (κ2) is 6.53. The molecule has 2 nitrogen and oxygen atoms in total. The molecule has 1 aromatic carbocycles. The van der Waals surface area contributed by atoms with Gasteiger partial charge in [0.15, 0.2) is 0 Å². The number of aryl methyl sites for hydroxylation is 3. The molecular formula is C17H30N2. The Kier molecular flexibility index (Phi) is 5.57. The highest BCUT2D eigenvalue weighted by Gasteiger charge is 2.28. The smallest absolute Gasteiger partial charge is 0.0304 e. The van der Waals surface area contributed by atoms with Crippen molar-refractivity contribution in [2.24, 2.45) is 5.73 Å². The van der Waals surface area contributed by atoms with E-state index in [1.54, 1.807) is 0 Å². The van der Waals surface area contributed by atoms with Crippen LogP contribution in [0.1, 0.15) is 49.4 Å². The lowest BCUT2D eigenvalue weighted by Crippen LogP contribution is -2.50. The predicted octanol–water partition coefficient (Wildman–Crippen LogP) is 3.56. The molecule has 0 amide bonds. The van der Waals surface area contributed by atoms with Gasteiger partial charge in [0, 0.05) is 18.6 Å². The van der Waals surface area contributed by atoms with Crippen molar-refractivity contribution >= 4 is 0 Å². The maximum absolute atomic E-state index is 6.01. The van der Waals surface area contributed by atoms with Gasteiger partial charge in [-0.25, -0.2) is 0 Å². The number of hydrogen-bond donors (Lipinski definition) is 1. The van der Waals surface area contributed by atoms with Gasteiger partial charge in [-0.2, -0.15) is 0 Å². The average Bonchev–Trinajstić information content (AvgIpc) is 2.37. The second-order valence-electron chi connectivity index (χ2n) is 5.95. The summed E-state index contributed by atoms with van der Waals surface area (Å²) in [5.41, 5.74) is 11.7. The van der Waals surface area contributed by atoms with Crippen LogP contribution >= 0.6 is 0 Å². The quantitative estimate of drug-likeness (QED) is 0.849. The van der Waals surface area contributed by atoms with Gasteiger partial charge in [0.25, 0.3) is 0 Å². The Morgan fingerprint density at radius 2 is 1.63 bits per heavy atom. The average molecular weight is 262 g/mol. The summed E-state index contributed by atoms with van der Waals surface area (Å²) in [5, 5.41) is 0. The van der Waals surface area contributed by atoms with Crippen molar-refractivity contribution in [3.8, 4) is 0 Å². The molecular weight excluding hydrogens is 232 g/mol. The Morgan fingerprint density at radius 1 is 1.11 bits per heavy atom. The molecule has 1 unspecified atom stereocenters. The summed E-state index contributed by atoms with van der Waals surface area (Å²) in [6, 6.07) is 4.56. The van der Waals surface area contributed by atoms with Gasteiger partial charge >= 0.3 is 0 Å². The van der Waals surface area contributed by atoms with Crippen molar-refractivity contribution in [3.63, 3.8) is 0 Å². The van der Waals surface area contributed by atoms with Crippen molar-refractivity contribution in [1.29, 1.82) is 0 Å². The first-order valence-electron chi connectivity index (χ1n) is 7.39. The third kappa shape index (κ3) is 3.58. The van der Waals surface area contributed by atoms with E-state index in [4.69, 9.17) is 5.73 Å². The molecule has 0 fully saturated rings. The number of nitrogens with two attached hydrogens (primary N) is 1. The van der Waals surface area contributed by atoms with Crippen molar-refractivity contribution < 1.29 is 0 Å². The van der Waals surface area contributed by atoms with Gasteiger partial charge in [0.1, 0.15) is 0 Å². The monoisotopic (exact) mass is 262 g/mol. The van der Waals surface area contributed by atoms with Crippen LogP contribution in [0.5, 0.6) is 0 Å². The SMILES string of the molecule is CCN(Cc1c(C)cc(C)cc1C)C(C)(CC)CN. The van der Waals surface area contributed by atoms with Gasteiger partial charge in [-0.05, 0) is 57.4 Å². The van der Waals surface area contributed by atoms with Crippen LogP contribution < -0.4 is 5.73 Å². The molecule has 0 heterocycles. The number of nitrogens with zero attached hydrogens (tertiary/aromatic N) is 1. The highest BCUT2D eigenvalue weighted by Crippen LogP contribution is 2.24. The molecule has 1 rings (SSSR count). The zero-order valence-electron chi connectivity index (χ0n) is 13.5. The third-order valence-corrected chi connectivity index (χ3v) is 4.54. The summed E-state index contributed by atoms with van der Waals surface area (Å²) in [6.45, 7) is 16.1. The van der Waals surface area contributed by atoms with Crippen LogP contribution in [0.2, 0.25) is 0 Å². The predicted molar refractivity (Wildman–Crippen MR) is 84.5 cm³/mol. The van der Waals surface area contributed by atoms with Crippen LogP contribution in [-0.4, -0.2) is 23.5 Å². The largest absolute Gasteiger partial charge is 0.329 e. The fourth-order valence-electron chi connectivity index (χ4n) is 2.83. The van der Waals surface area contributed by atoms with Crippen LogP contribution in [-0.2, 0) is 6.54 Å². The van der Waals surface area contributed by atoms with E-state index in [1.807, 2.05) is 0 Å². The van der Waals surface area contributed by atoms with Crippen LogP contribution in [0.4, 0.5) is 0 Å². The summed E-state index contributed by atoms with van der Waals surface area (Å²) in [7, 11) is 0. The second-order valence-corrected chi connectivity index (χ2v) is 5.95. The number of hydrogen-bond acceptors (Lipinski definition) is 2. The minimum Gasteiger partial charge on any atom is -0.329 e. The molecule has 0 saturated heterocycles. The molecule has 19 heavy (non-hydrogen) atoms. The van der Waals surface area contributed by atoms with Gasteiger partial charge in [0.2, 0.25) is 0 Å². The summed E-state index contributed by atoms with van der Waals surface area (Å²) in [4.78, 5) is 2.51. The van der Waals surface area contributed by atoms with Crippen molar-refractivity contribution in [2.75, 3.05) is 13.1 Å². The van der Waals surface area contributed by atoms with Crippen molar-refractivity contribution in [1.82, 2.24) is 4.90 Å². The fraction of sp³-hybridized carbons (Fsp3) is 0.647.